The molecular weight excluding hydrogens is 413 g/mol. The Morgan fingerprint density at radius 2 is 1.83 bits per heavy atom. The average Bonchev–Trinajstić information content (AvgIpc) is 2.72. The van der Waals surface area contributed by atoms with Crippen LogP contribution in [0.5, 0.6) is 0 Å². The molecule has 1 atom stereocenters. The minimum absolute atomic E-state index is 0.0599. The number of carbonyl (C=O) groups excluding carboxylic acids is 1. The van der Waals surface area contributed by atoms with E-state index in [0.29, 0.717) is 22.2 Å². The Morgan fingerprint density at radius 1 is 1.17 bits per heavy atom. The third-order valence-electron chi connectivity index (χ3n) is 3.91. The van der Waals surface area contributed by atoms with E-state index in [1.165, 1.54) is 14.2 Å². The summed E-state index contributed by atoms with van der Waals surface area (Å²) in [6.07, 6.45) is 3.77. The van der Waals surface area contributed by atoms with Gasteiger partial charge in [0.05, 0.1) is 6.61 Å². The molecule has 0 saturated heterocycles. The van der Waals surface area contributed by atoms with Crippen molar-refractivity contribution in [3.8, 4) is 0 Å². The number of hydroxylamine groups is 1. The predicted molar refractivity (Wildman–Crippen MR) is 117 cm³/mol. The van der Waals surface area contributed by atoms with Crippen LogP contribution in [0.1, 0.15) is 23.6 Å². The first-order chi connectivity index (χ1) is 14.0. The van der Waals surface area contributed by atoms with Gasteiger partial charge in [0.15, 0.2) is 5.71 Å². The number of nitrogens with one attached hydrogen (secondary N) is 2. The van der Waals surface area contributed by atoms with Gasteiger partial charge in [-0.2, -0.15) is 5.48 Å². The van der Waals surface area contributed by atoms with E-state index < -0.39 is 0 Å². The fourth-order valence-corrected chi connectivity index (χ4v) is 2.92. The fraction of sp³-hybridized carbons (Fsp3) is 0.238. The van der Waals surface area contributed by atoms with Gasteiger partial charge in [-0.3, -0.25) is 9.63 Å². The number of hydrogen-bond donors (Lipinski definition) is 2. The fourth-order valence-electron chi connectivity index (χ4n) is 2.40. The summed E-state index contributed by atoms with van der Waals surface area (Å²) in [6.45, 7) is 2.29. The van der Waals surface area contributed by atoms with Crippen molar-refractivity contribution in [2.24, 2.45) is 5.16 Å². The highest BCUT2D eigenvalue weighted by Gasteiger charge is 2.13. The van der Waals surface area contributed by atoms with E-state index in [1.54, 1.807) is 30.3 Å². The molecule has 2 N–H and O–H groups in total. The lowest BCUT2D eigenvalue weighted by molar-refractivity contribution is -0.114. The Labute approximate surface area is 180 Å². The maximum Gasteiger partial charge on any atom is 0.273 e. The van der Waals surface area contributed by atoms with Crippen molar-refractivity contribution < 1.29 is 14.5 Å². The Morgan fingerprint density at radius 3 is 2.41 bits per heavy atom. The van der Waals surface area contributed by atoms with Gasteiger partial charge in [-0.05, 0) is 24.6 Å². The van der Waals surface area contributed by atoms with E-state index in [-0.39, 0.29) is 17.7 Å². The average molecular weight is 436 g/mol. The quantitative estimate of drug-likeness (QED) is 0.456. The van der Waals surface area contributed by atoms with E-state index in [1.807, 2.05) is 31.2 Å². The third kappa shape index (κ3) is 6.87. The molecule has 0 aliphatic heterocycles. The molecule has 154 valence electrons. The van der Waals surface area contributed by atoms with Crippen LogP contribution in [0.2, 0.25) is 10.0 Å². The molecule has 2 aromatic rings. The van der Waals surface area contributed by atoms with Crippen LogP contribution in [0.15, 0.2) is 53.7 Å². The number of benzene rings is 2. The molecule has 0 aliphatic rings. The highest BCUT2D eigenvalue weighted by atomic mass is 35.5. The normalized spacial score (nSPS) is 12.8. The molecule has 0 aliphatic carbocycles. The molecule has 0 bridgehead atoms. The monoisotopic (exact) mass is 435 g/mol. The topological polar surface area (TPSA) is 72.0 Å². The summed E-state index contributed by atoms with van der Waals surface area (Å²) in [5.74, 6) is -0.322. The van der Waals surface area contributed by atoms with Crippen LogP contribution in [0.4, 0.5) is 0 Å². The third-order valence-corrected chi connectivity index (χ3v) is 4.57. The zero-order valence-corrected chi connectivity index (χ0v) is 17.9. The van der Waals surface area contributed by atoms with Gasteiger partial charge in [0.1, 0.15) is 7.11 Å². The maximum atomic E-state index is 11.9. The first kappa shape index (κ1) is 22.9. The number of halogens is 2. The summed E-state index contributed by atoms with van der Waals surface area (Å²) < 4.78 is 0. The first-order valence-electron chi connectivity index (χ1n) is 8.88. The van der Waals surface area contributed by atoms with Crippen LogP contribution in [-0.2, 0) is 21.1 Å². The van der Waals surface area contributed by atoms with Crippen molar-refractivity contribution in [2.45, 2.75) is 19.6 Å². The second-order valence-corrected chi connectivity index (χ2v) is 6.90. The Bertz CT molecular complexity index is 863. The largest absolute Gasteiger partial charge is 0.398 e. The van der Waals surface area contributed by atoms with Crippen molar-refractivity contribution in [3.63, 3.8) is 0 Å². The van der Waals surface area contributed by atoms with E-state index in [4.69, 9.17) is 32.9 Å². The summed E-state index contributed by atoms with van der Waals surface area (Å²) in [6, 6.07) is 12.6. The summed E-state index contributed by atoms with van der Waals surface area (Å²) in [5.41, 5.74) is 5.50. The number of amides is 1. The van der Waals surface area contributed by atoms with Crippen LogP contribution in [0, 0.1) is 0 Å². The van der Waals surface area contributed by atoms with Crippen molar-refractivity contribution >= 4 is 40.9 Å². The molecule has 1 amide bonds. The Balaban J connectivity index is 1.89. The number of likely N-dealkylation sites (N-methyl/N-ethyl adjacent to an activating group) is 1. The highest BCUT2D eigenvalue weighted by molar-refractivity contribution is 6.45. The molecule has 6 nitrogen and oxygen atoms in total. The van der Waals surface area contributed by atoms with Crippen LogP contribution >= 0.6 is 23.2 Å². The number of nitrogens with zero attached hydrogens (tertiary/aromatic N) is 1. The highest BCUT2D eigenvalue weighted by Crippen LogP contribution is 2.25. The Hall–Kier alpha value is -2.38. The maximum absolute atomic E-state index is 11.9. The predicted octanol–water partition coefficient (Wildman–Crippen LogP) is 4.21. The van der Waals surface area contributed by atoms with Crippen molar-refractivity contribution in [3.05, 3.63) is 75.3 Å². The smallest absolute Gasteiger partial charge is 0.273 e. The van der Waals surface area contributed by atoms with Crippen LogP contribution < -0.4 is 10.8 Å². The molecule has 0 saturated carbocycles. The zero-order chi connectivity index (χ0) is 21.2. The van der Waals surface area contributed by atoms with E-state index in [9.17, 15) is 4.79 Å². The van der Waals surface area contributed by atoms with Gasteiger partial charge in [-0.1, -0.05) is 70.8 Å². The number of rotatable bonds is 9. The standard InChI is InChI=1S/C21H23Cl2N3O3/c1-14(7-12-17-18(22)5-4-6-19(17)23)25-29-13-15-8-10-16(11-9-15)20(26-28-3)21(27)24-2/h4-12,14,25H,13H2,1-3H3,(H,24,27). The summed E-state index contributed by atoms with van der Waals surface area (Å²) in [5, 5.41) is 7.49. The molecule has 0 radical (unpaired) electrons. The zero-order valence-electron chi connectivity index (χ0n) is 16.4. The molecule has 2 rings (SSSR count). The van der Waals surface area contributed by atoms with Gasteiger partial charge in [0, 0.05) is 34.3 Å². The lowest BCUT2D eigenvalue weighted by atomic mass is 10.1. The first-order valence-corrected chi connectivity index (χ1v) is 9.64. The van der Waals surface area contributed by atoms with Gasteiger partial charge < -0.3 is 10.2 Å². The van der Waals surface area contributed by atoms with Crippen molar-refractivity contribution in [2.75, 3.05) is 14.2 Å². The lowest BCUT2D eigenvalue weighted by Crippen LogP contribution is -2.28. The Kier molecular flexibility index (Phi) is 9.15. The molecular formula is C21H23Cl2N3O3. The van der Waals surface area contributed by atoms with Crippen LogP contribution in [0.25, 0.3) is 6.08 Å². The SMILES string of the molecule is CNC(=O)C(=NOC)c1ccc(CONC(C)C=Cc2c(Cl)cccc2Cl)cc1. The molecule has 2 aromatic carbocycles. The van der Waals surface area contributed by atoms with E-state index >= 15 is 0 Å². The van der Waals surface area contributed by atoms with Crippen LogP contribution in [-0.4, -0.2) is 31.8 Å². The van der Waals surface area contributed by atoms with Crippen molar-refractivity contribution in [1.29, 1.82) is 0 Å². The van der Waals surface area contributed by atoms with Gasteiger partial charge in [0.2, 0.25) is 0 Å². The number of hydrogen-bond acceptors (Lipinski definition) is 5. The van der Waals surface area contributed by atoms with Gasteiger partial charge >= 0.3 is 0 Å². The minimum atomic E-state index is -0.322. The second kappa shape index (κ2) is 11.6. The van der Waals surface area contributed by atoms with E-state index in [0.717, 1.165) is 11.1 Å². The van der Waals surface area contributed by atoms with E-state index in [2.05, 4.69) is 16.0 Å². The molecule has 0 spiro atoms. The molecule has 0 fully saturated rings. The van der Waals surface area contributed by atoms with Crippen molar-refractivity contribution in [1.82, 2.24) is 10.8 Å². The second-order valence-electron chi connectivity index (χ2n) is 6.09. The summed E-state index contributed by atoms with van der Waals surface area (Å²) in [7, 11) is 2.93. The van der Waals surface area contributed by atoms with Gasteiger partial charge in [-0.25, -0.2) is 0 Å². The van der Waals surface area contributed by atoms with Gasteiger partial charge in [0.25, 0.3) is 5.91 Å². The molecule has 1 unspecified atom stereocenters. The molecule has 8 heteroatoms. The van der Waals surface area contributed by atoms with Gasteiger partial charge in [-0.15, -0.1) is 0 Å². The molecule has 29 heavy (non-hydrogen) atoms. The number of carbonyl (C=O) groups is 1. The lowest BCUT2D eigenvalue weighted by Gasteiger charge is -2.11. The summed E-state index contributed by atoms with van der Waals surface area (Å²) in [4.78, 5) is 22.1. The number of oxime groups is 1. The van der Waals surface area contributed by atoms with Crippen LogP contribution in [0.3, 0.4) is 0 Å². The summed E-state index contributed by atoms with van der Waals surface area (Å²) >= 11 is 12.3. The minimum Gasteiger partial charge on any atom is -0.398 e. The molecule has 0 aromatic heterocycles. The molecule has 0 heterocycles.